The van der Waals surface area contributed by atoms with E-state index < -0.39 is 0 Å². The zero-order chi connectivity index (χ0) is 10.3. The highest BCUT2D eigenvalue weighted by molar-refractivity contribution is 6.05. The Bertz CT molecular complexity index is 628. The van der Waals surface area contributed by atoms with Crippen LogP contribution in [0.5, 0.6) is 0 Å². The van der Waals surface area contributed by atoms with E-state index in [2.05, 4.69) is 11.5 Å². The second-order valence-corrected chi connectivity index (χ2v) is 3.45. The summed E-state index contributed by atoms with van der Waals surface area (Å²) in [7, 11) is 0. The Morgan fingerprint density at radius 3 is 2.60 bits per heavy atom. The third-order valence-electron chi connectivity index (χ3n) is 2.55. The highest BCUT2D eigenvalue weighted by Crippen LogP contribution is 2.29. The Morgan fingerprint density at radius 1 is 0.933 bits per heavy atom. The molecule has 0 fully saturated rings. The first-order valence-electron chi connectivity index (χ1n) is 4.76. The zero-order valence-electron chi connectivity index (χ0n) is 8.03. The monoisotopic (exact) mass is 198 g/mol. The summed E-state index contributed by atoms with van der Waals surface area (Å²) in [5, 5.41) is 2.25. The predicted octanol–water partition coefficient (Wildman–Crippen LogP) is 2.87. The lowest BCUT2D eigenvalue weighted by Crippen LogP contribution is -2.05. The normalized spacial score (nSPS) is 11.0. The number of nitrogens with one attached hydrogen (secondary N) is 1. The largest absolute Gasteiger partial charge is 0.456 e. The number of anilines is 1. The van der Waals surface area contributed by atoms with E-state index >= 15 is 0 Å². The Labute approximate surface area is 86.4 Å². The molecule has 3 nitrogen and oxygen atoms in total. The van der Waals surface area contributed by atoms with Gasteiger partial charge in [0.2, 0.25) is 0 Å². The number of rotatable bonds is 1. The molecule has 0 aliphatic heterocycles. The molecule has 1 heterocycles. The molecule has 3 aromatic rings. The molecule has 74 valence electrons. The maximum Gasteiger partial charge on any atom is 0.137 e. The van der Waals surface area contributed by atoms with Crippen molar-refractivity contribution in [3.8, 4) is 0 Å². The van der Waals surface area contributed by atoms with Crippen LogP contribution < -0.4 is 11.3 Å². The number of benzene rings is 2. The molecule has 1 aromatic heterocycles. The minimum atomic E-state index is 0.849. The molecule has 0 aliphatic rings. The van der Waals surface area contributed by atoms with Crippen LogP contribution in [0.15, 0.2) is 46.9 Å². The van der Waals surface area contributed by atoms with Gasteiger partial charge in [0, 0.05) is 16.8 Å². The number of furan rings is 1. The third-order valence-corrected chi connectivity index (χ3v) is 2.55. The fraction of sp³-hybridized carbons (Fsp3) is 0. The Morgan fingerprint density at radius 2 is 1.73 bits per heavy atom. The van der Waals surface area contributed by atoms with Crippen LogP contribution in [-0.4, -0.2) is 0 Å². The molecule has 0 aliphatic carbocycles. The first-order chi connectivity index (χ1) is 7.38. The molecule has 0 unspecified atom stereocenters. The molecule has 0 saturated heterocycles. The number of hydrazine groups is 1. The van der Waals surface area contributed by atoms with Gasteiger partial charge in [-0.15, -0.1) is 0 Å². The van der Waals surface area contributed by atoms with E-state index in [1.165, 1.54) is 0 Å². The van der Waals surface area contributed by atoms with E-state index in [0.29, 0.717) is 0 Å². The van der Waals surface area contributed by atoms with Gasteiger partial charge >= 0.3 is 0 Å². The van der Waals surface area contributed by atoms with Gasteiger partial charge in [-0.3, -0.25) is 5.84 Å². The minimum Gasteiger partial charge on any atom is -0.456 e. The second-order valence-electron chi connectivity index (χ2n) is 3.45. The van der Waals surface area contributed by atoms with Crippen molar-refractivity contribution in [3.63, 3.8) is 0 Å². The van der Waals surface area contributed by atoms with Crippen molar-refractivity contribution < 1.29 is 4.42 Å². The number of nitrogens with two attached hydrogens (primary N) is 1. The standard InChI is InChI=1S/C12H10N2O/c13-14-8-5-6-10-9-3-1-2-4-11(9)15-12(10)7-8/h1-7,14H,13H2. The Balaban J connectivity index is 2.43. The van der Waals surface area contributed by atoms with Gasteiger partial charge in [-0.05, 0) is 18.2 Å². The lowest BCUT2D eigenvalue weighted by atomic mass is 10.1. The van der Waals surface area contributed by atoms with Crippen LogP contribution in [0.3, 0.4) is 0 Å². The number of hydrogen-bond donors (Lipinski definition) is 2. The second kappa shape index (κ2) is 3.00. The average Bonchev–Trinajstić information content (AvgIpc) is 2.66. The van der Waals surface area contributed by atoms with E-state index in [9.17, 15) is 0 Å². The maximum absolute atomic E-state index is 5.70. The molecular formula is C12H10N2O. The van der Waals surface area contributed by atoms with Crippen LogP contribution in [0.2, 0.25) is 0 Å². The lowest BCUT2D eigenvalue weighted by molar-refractivity contribution is 0.669. The third kappa shape index (κ3) is 1.17. The highest BCUT2D eigenvalue weighted by atomic mass is 16.3. The van der Waals surface area contributed by atoms with Crippen LogP contribution in [0.25, 0.3) is 21.9 Å². The first-order valence-corrected chi connectivity index (χ1v) is 4.76. The van der Waals surface area contributed by atoms with E-state index in [1.807, 2.05) is 36.4 Å². The van der Waals surface area contributed by atoms with Gasteiger partial charge in [-0.25, -0.2) is 0 Å². The molecule has 3 heteroatoms. The van der Waals surface area contributed by atoms with E-state index in [4.69, 9.17) is 10.3 Å². The summed E-state index contributed by atoms with van der Waals surface area (Å²) in [6.45, 7) is 0. The van der Waals surface area contributed by atoms with Gasteiger partial charge in [0.05, 0.1) is 5.69 Å². The number of hydrogen-bond acceptors (Lipinski definition) is 3. The molecule has 15 heavy (non-hydrogen) atoms. The van der Waals surface area contributed by atoms with Gasteiger partial charge in [0.25, 0.3) is 0 Å². The summed E-state index contributed by atoms with van der Waals surface area (Å²) in [5.41, 5.74) is 5.21. The Kier molecular flexibility index (Phi) is 1.66. The molecule has 0 atom stereocenters. The van der Waals surface area contributed by atoms with Gasteiger partial charge in [-0.1, -0.05) is 18.2 Å². The molecule has 0 radical (unpaired) electrons. The van der Waals surface area contributed by atoms with Crippen molar-refractivity contribution in [2.45, 2.75) is 0 Å². The van der Waals surface area contributed by atoms with Crippen LogP contribution in [-0.2, 0) is 0 Å². The van der Waals surface area contributed by atoms with Gasteiger partial charge in [-0.2, -0.15) is 0 Å². The van der Waals surface area contributed by atoms with Crippen molar-refractivity contribution in [1.29, 1.82) is 0 Å². The van der Waals surface area contributed by atoms with E-state index in [1.54, 1.807) is 0 Å². The number of fused-ring (bicyclic) bond motifs is 3. The maximum atomic E-state index is 5.70. The van der Waals surface area contributed by atoms with Crippen molar-refractivity contribution >= 4 is 27.6 Å². The van der Waals surface area contributed by atoms with Crippen molar-refractivity contribution in [3.05, 3.63) is 42.5 Å². The quantitative estimate of drug-likeness (QED) is 0.467. The summed E-state index contributed by atoms with van der Waals surface area (Å²) in [6.07, 6.45) is 0. The average molecular weight is 198 g/mol. The van der Waals surface area contributed by atoms with Gasteiger partial charge in [0.15, 0.2) is 0 Å². The summed E-state index contributed by atoms with van der Waals surface area (Å²) in [6, 6.07) is 13.8. The van der Waals surface area contributed by atoms with Crippen LogP contribution in [0, 0.1) is 0 Å². The molecule has 0 spiro atoms. The zero-order valence-corrected chi connectivity index (χ0v) is 8.03. The Hall–Kier alpha value is -2.00. The van der Waals surface area contributed by atoms with E-state index in [0.717, 1.165) is 27.6 Å². The predicted molar refractivity (Wildman–Crippen MR) is 61.5 cm³/mol. The molecule has 3 N–H and O–H groups in total. The molecule has 0 amide bonds. The summed E-state index contributed by atoms with van der Waals surface area (Å²) >= 11 is 0. The van der Waals surface area contributed by atoms with Gasteiger partial charge < -0.3 is 9.84 Å². The number of para-hydroxylation sites is 1. The first kappa shape index (κ1) is 8.32. The number of nitrogen functional groups attached to an aromatic ring is 1. The fourth-order valence-corrected chi connectivity index (χ4v) is 1.82. The van der Waals surface area contributed by atoms with Crippen molar-refractivity contribution in [1.82, 2.24) is 0 Å². The fourth-order valence-electron chi connectivity index (χ4n) is 1.82. The SMILES string of the molecule is NNc1ccc2c(c1)oc1ccccc12. The van der Waals surface area contributed by atoms with Gasteiger partial charge in [0.1, 0.15) is 11.2 Å². The van der Waals surface area contributed by atoms with Crippen molar-refractivity contribution in [2.24, 2.45) is 5.84 Å². The molecule has 2 aromatic carbocycles. The van der Waals surface area contributed by atoms with Crippen molar-refractivity contribution in [2.75, 3.05) is 5.43 Å². The summed E-state index contributed by atoms with van der Waals surface area (Å²) < 4.78 is 5.70. The molecule has 3 rings (SSSR count). The van der Waals surface area contributed by atoms with E-state index in [-0.39, 0.29) is 0 Å². The topological polar surface area (TPSA) is 51.2 Å². The molecular weight excluding hydrogens is 188 g/mol. The summed E-state index contributed by atoms with van der Waals surface area (Å²) in [4.78, 5) is 0. The minimum absolute atomic E-state index is 0.849. The smallest absolute Gasteiger partial charge is 0.137 e. The highest BCUT2D eigenvalue weighted by Gasteiger charge is 2.05. The van der Waals surface area contributed by atoms with Crippen LogP contribution in [0.4, 0.5) is 5.69 Å². The molecule has 0 saturated carbocycles. The summed E-state index contributed by atoms with van der Waals surface area (Å²) in [5.74, 6) is 5.34. The van der Waals surface area contributed by atoms with Crippen LogP contribution >= 0.6 is 0 Å². The molecule has 0 bridgehead atoms. The van der Waals surface area contributed by atoms with Crippen LogP contribution in [0.1, 0.15) is 0 Å². The lowest BCUT2D eigenvalue weighted by Gasteiger charge is -1.97.